The summed E-state index contributed by atoms with van der Waals surface area (Å²) in [7, 11) is -3.47. The van der Waals surface area contributed by atoms with E-state index < -0.39 is 10.0 Å². The van der Waals surface area contributed by atoms with Crippen molar-refractivity contribution in [1.29, 1.82) is 0 Å². The molecule has 0 aliphatic heterocycles. The number of aromatic amines is 1. The minimum absolute atomic E-state index is 0.115. The molecule has 1 rings (SSSR count). The monoisotopic (exact) mass is 275 g/mol. The molecular formula is C11H21N3O3S. The quantitative estimate of drug-likeness (QED) is 0.695. The topological polar surface area (TPSA) is 84.1 Å². The molecule has 6 nitrogen and oxygen atoms in total. The van der Waals surface area contributed by atoms with Gasteiger partial charge in [-0.3, -0.25) is 0 Å². The second kappa shape index (κ2) is 6.86. The SMILES string of the molecule is CCc1ncc(S(=O)(=O)NCCCOC(C)C)[nH]1. The van der Waals surface area contributed by atoms with Crippen molar-refractivity contribution in [1.82, 2.24) is 14.7 Å². The molecule has 1 heterocycles. The predicted octanol–water partition coefficient (Wildman–Crippen LogP) is 1.07. The molecule has 0 spiro atoms. The number of nitrogens with zero attached hydrogens (tertiary/aromatic N) is 1. The first-order valence-electron chi connectivity index (χ1n) is 6.11. The molecular weight excluding hydrogens is 254 g/mol. The van der Waals surface area contributed by atoms with Gasteiger partial charge in [0.25, 0.3) is 10.0 Å². The zero-order valence-corrected chi connectivity index (χ0v) is 11.9. The van der Waals surface area contributed by atoms with Crippen LogP contribution in [0.3, 0.4) is 0 Å². The van der Waals surface area contributed by atoms with Crippen LogP contribution in [-0.2, 0) is 21.2 Å². The van der Waals surface area contributed by atoms with Crippen molar-refractivity contribution in [3.63, 3.8) is 0 Å². The van der Waals surface area contributed by atoms with E-state index in [9.17, 15) is 8.42 Å². The number of sulfonamides is 1. The van der Waals surface area contributed by atoms with Crippen LogP contribution in [0.2, 0.25) is 0 Å². The lowest BCUT2D eigenvalue weighted by atomic mass is 10.4. The van der Waals surface area contributed by atoms with E-state index >= 15 is 0 Å². The summed E-state index contributed by atoms with van der Waals surface area (Å²) in [4.78, 5) is 6.74. The number of aryl methyl sites for hydroxylation is 1. The zero-order chi connectivity index (χ0) is 13.6. The highest BCUT2D eigenvalue weighted by molar-refractivity contribution is 7.89. The Morgan fingerprint density at radius 2 is 2.22 bits per heavy atom. The van der Waals surface area contributed by atoms with Crippen LogP contribution in [0.1, 0.15) is 33.0 Å². The van der Waals surface area contributed by atoms with Gasteiger partial charge < -0.3 is 9.72 Å². The van der Waals surface area contributed by atoms with Crippen LogP contribution < -0.4 is 4.72 Å². The Kier molecular flexibility index (Phi) is 5.77. The Hall–Kier alpha value is -0.920. The lowest BCUT2D eigenvalue weighted by Crippen LogP contribution is -2.26. The lowest BCUT2D eigenvalue weighted by Gasteiger charge is -2.07. The third-order valence-electron chi connectivity index (χ3n) is 2.29. The molecule has 1 aromatic rings. The molecule has 7 heteroatoms. The number of aromatic nitrogens is 2. The lowest BCUT2D eigenvalue weighted by molar-refractivity contribution is 0.0778. The van der Waals surface area contributed by atoms with Crippen LogP contribution in [0.15, 0.2) is 11.2 Å². The van der Waals surface area contributed by atoms with Crippen LogP contribution in [0.25, 0.3) is 0 Å². The van der Waals surface area contributed by atoms with Gasteiger partial charge in [0, 0.05) is 19.6 Å². The summed E-state index contributed by atoms with van der Waals surface area (Å²) in [6.07, 6.45) is 2.83. The molecule has 18 heavy (non-hydrogen) atoms. The van der Waals surface area contributed by atoms with Gasteiger partial charge in [-0.25, -0.2) is 18.1 Å². The first kappa shape index (κ1) is 15.1. The maximum atomic E-state index is 11.8. The fourth-order valence-corrected chi connectivity index (χ4v) is 2.35. The van der Waals surface area contributed by atoms with Crippen molar-refractivity contribution < 1.29 is 13.2 Å². The number of hydrogen-bond donors (Lipinski definition) is 2. The van der Waals surface area contributed by atoms with Gasteiger partial charge in [0.05, 0.1) is 12.3 Å². The van der Waals surface area contributed by atoms with Crippen molar-refractivity contribution >= 4 is 10.0 Å². The zero-order valence-electron chi connectivity index (χ0n) is 11.1. The maximum Gasteiger partial charge on any atom is 0.257 e. The van der Waals surface area contributed by atoms with E-state index in [-0.39, 0.29) is 11.1 Å². The van der Waals surface area contributed by atoms with Crippen LogP contribution in [0.5, 0.6) is 0 Å². The molecule has 0 radical (unpaired) electrons. The molecule has 0 fully saturated rings. The van der Waals surface area contributed by atoms with Crippen molar-refractivity contribution in [2.45, 2.75) is 44.7 Å². The molecule has 0 saturated carbocycles. The first-order valence-corrected chi connectivity index (χ1v) is 7.59. The van der Waals surface area contributed by atoms with Gasteiger partial charge in [-0.15, -0.1) is 0 Å². The van der Waals surface area contributed by atoms with Gasteiger partial charge in [-0.1, -0.05) is 6.92 Å². The van der Waals surface area contributed by atoms with Crippen molar-refractivity contribution in [2.24, 2.45) is 0 Å². The summed E-state index contributed by atoms with van der Waals surface area (Å²) in [5, 5.41) is 0.115. The summed E-state index contributed by atoms with van der Waals surface area (Å²) in [6.45, 7) is 6.70. The minimum Gasteiger partial charge on any atom is -0.379 e. The molecule has 0 unspecified atom stereocenters. The summed E-state index contributed by atoms with van der Waals surface area (Å²) >= 11 is 0. The second-order valence-corrected chi connectivity index (χ2v) is 5.95. The fourth-order valence-electron chi connectivity index (χ4n) is 1.34. The van der Waals surface area contributed by atoms with E-state index in [0.29, 0.717) is 31.8 Å². The maximum absolute atomic E-state index is 11.8. The Balaban J connectivity index is 2.40. The Morgan fingerprint density at radius 3 is 2.78 bits per heavy atom. The molecule has 0 atom stereocenters. The first-order chi connectivity index (χ1) is 8.45. The molecule has 2 N–H and O–H groups in total. The number of ether oxygens (including phenoxy) is 1. The summed E-state index contributed by atoms with van der Waals surface area (Å²) in [6, 6.07) is 0. The van der Waals surface area contributed by atoms with Crippen LogP contribution in [0, 0.1) is 0 Å². The number of H-pyrrole nitrogens is 1. The molecule has 0 bridgehead atoms. The predicted molar refractivity (Wildman–Crippen MR) is 68.9 cm³/mol. The van der Waals surface area contributed by atoms with Gasteiger partial charge in [0.15, 0.2) is 5.03 Å². The van der Waals surface area contributed by atoms with Gasteiger partial charge >= 0.3 is 0 Å². The summed E-state index contributed by atoms with van der Waals surface area (Å²) in [5.41, 5.74) is 0. The Bertz CT molecular complexity index is 454. The van der Waals surface area contributed by atoms with Crippen LogP contribution >= 0.6 is 0 Å². The molecule has 0 aliphatic carbocycles. The highest BCUT2D eigenvalue weighted by Crippen LogP contribution is 2.05. The smallest absolute Gasteiger partial charge is 0.257 e. The summed E-state index contributed by atoms with van der Waals surface area (Å²) < 4.78 is 31.5. The Morgan fingerprint density at radius 1 is 1.50 bits per heavy atom. The third-order valence-corrected chi connectivity index (χ3v) is 3.66. The minimum atomic E-state index is -3.47. The highest BCUT2D eigenvalue weighted by Gasteiger charge is 2.15. The number of imidazole rings is 1. The highest BCUT2D eigenvalue weighted by atomic mass is 32.2. The van der Waals surface area contributed by atoms with Gasteiger partial charge in [0.2, 0.25) is 0 Å². The molecule has 1 aromatic heterocycles. The van der Waals surface area contributed by atoms with Gasteiger partial charge in [-0.05, 0) is 20.3 Å². The largest absolute Gasteiger partial charge is 0.379 e. The normalized spacial score (nSPS) is 12.2. The van der Waals surface area contributed by atoms with E-state index in [4.69, 9.17) is 4.74 Å². The number of rotatable bonds is 8. The second-order valence-electron chi connectivity index (χ2n) is 4.22. The molecule has 0 saturated heterocycles. The average Bonchev–Trinajstić information content (AvgIpc) is 2.77. The molecule has 104 valence electrons. The van der Waals surface area contributed by atoms with E-state index in [1.165, 1.54) is 6.20 Å². The molecule has 0 aliphatic rings. The standard InChI is InChI=1S/C11H21N3O3S/c1-4-10-12-8-11(14-10)18(15,16)13-6-5-7-17-9(2)3/h8-9,13H,4-7H2,1-3H3,(H,12,14). The van der Waals surface area contributed by atoms with E-state index in [1.807, 2.05) is 20.8 Å². The van der Waals surface area contributed by atoms with Crippen molar-refractivity contribution in [3.05, 3.63) is 12.0 Å². The van der Waals surface area contributed by atoms with Gasteiger partial charge in [0.1, 0.15) is 5.82 Å². The molecule has 0 aromatic carbocycles. The Labute approximate surface area is 108 Å². The van der Waals surface area contributed by atoms with Crippen LogP contribution in [0.4, 0.5) is 0 Å². The average molecular weight is 275 g/mol. The van der Waals surface area contributed by atoms with Gasteiger partial charge in [-0.2, -0.15) is 0 Å². The van der Waals surface area contributed by atoms with E-state index in [1.54, 1.807) is 0 Å². The number of hydrogen-bond acceptors (Lipinski definition) is 4. The van der Waals surface area contributed by atoms with E-state index in [2.05, 4.69) is 14.7 Å². The molecule has 0 amide bonds. The van der Waals surface area contributed by atoms with Crippen molar-refractivity contribution in [3.8, 4) is 0 Å². The van der Waals surface area contributed by atoms with Crippen molar-refractivity contribution in [2.75, 3.05) is 13.2 Å². The number of nitrogens with one attached hydrogen (secondary N) is 2. The fraction of sp³-hybridized carbons (Fsp3) is 0.727. The van der Waals surface area contributed by atoms with Crippen LogP contribution in [-0.4, -0.2) is 37.6 Å². The summed E-state index contributed by atoms with van der Waals surface area (Å²) in [5.74, 6) is 0.665. The third kappa shape index (κ3) is 4.75. The van der Waals surface area contributed by atoms with E-state index in [0.717, 1.165) is 0 Å².